The molecular weight excluding hydrogens is 226 g/mol. The summed E-state index contributed by atoms with van der Waals surface area (Å²) in [5.41, 5.74) is 3.01. The van der Waals surface area contributed by atoms with Crippen LogP contribution in [0.4, 0.5) is 0 Å². The molecule has 2 aromatic heterocycles. The van der Waals surface area contributed by atoms with Crippen LogP contribution in [-0.4, -0.2) is 21.3 Å². The summed E-state index contributed by atoms with van der Waals surface area (Å²) in [6.07, 6.45) is 1.85. The standard InChI is InChI=1S/C13H17N5/c1-9(5-14)6-15-7-11-4-12-10(2)17-18(3)13(12)16-8-11/h4,8-9,15H,6-7H2,1-3H3. The average Bonchev–Trinajstić information content (AvgIpc) is 2.64. The summed E-state index contributed by atoms with van der Waals surface area (Å²) in [6.45, 7) is 5.31. The fourth-order valence-corrected chi connectivity index (χ4v) is 1.93. The van der Waals surface area contributed by atoms with Crippen molar-refractivity contribution in [3.8, 4) is 6.07 Å². The molecule has 5 nitrogen and oxygen atoms in total. The van der Waals surface area contributed by atoms with Crippen LogP contribution < -0.4 is 5.32 Å². The normalized spacial score (nSPS) is 12.6. The second kappa shape index (κ2) is 5.15. The van der Waals surface area contributed by atoms with Gasteiger partial charge in [0.2, 0.25) is 0 Å². The van der Waals surface area contributed by atoms with Gasteiger partial charge >= 0.3 is 0 Å². The van der Waals surface area contributed by atoms with Crippen molar-refractivity contribution in [1.82, 2.24) is 20.1 Å². The van der Waals surface area contributed by atoms with E-state index in [0.717, 1.165) is 28.8 Å². The minimum atomic E-state index is 0.0295. The third kappa shape index (κ3) is 2.49. The number of nitriles is 1. The van der Waals surface area contributed by atoms with Gasteiger partial charge in [-0.05, 0) is 25.5 Å². The van der Waals surface area contributed by atoms with Crippen molar-refractivity contribution in [3.05, 3.63) is 23.5 Å². The lowest BCUT2D eigenvalue weighted by Crippen LogP contribution is -2.19. The Labute approximate surface area is 106 Å². The van der Waals surface area contributed by atoms with Crippen molar-refractivity contribution < 1.29 is 0 Å². The second-order valence-corrected chi connectivity index (χ2v) is 4.58. The molecule has 0 bridgehead atoms. The molecule has 0 saturated heterocycles. The molecule has 0 aliphatic heterocycles. The summed E-state index contributed by atoms with van der Waals surface area (Å²) in [6, 6.07) is 4.31. The third-order valence-corrected chi connectivity index (χ3v) is 2.92. The summed E-state index contributed by atoms with van der Waals surface area (Å²) in [4.78, 5) is 4.41. The number of hydrogen-bond donors (Lipinski definition) is 1. The SMILES string of the molecule is Cc1nn(C)c2ncc(CNCC(C)C#N)cc12. The van der Waals surface area contributed by atoms with Gasteiger partial charge in [-0.2, -0.15) is 10.4 Å². The first-order valence-electron chi connectivity index (χ1n) is 6.00. The Kier molecular flexibility index (Phi) is 3.58. The Morgan fingerprint density at radius 1 is 1.56 bits per heavy atom. The molecule has 0 radical (unpaired) electrons. The fourth-order valence-electron chi connectivity index (χ4n) is 1.93. The number of hydrogen-bond acceptors (Lipinski definition) is 4. The van der Waals surface area contributed by atoms with Crippen LogP contribution in [0.5, 0.6) is 0 Å². The molecular formula is C13H17N5. The summed E-state index contributed by atoms with van der Waals surface area (Å²) >= 11 is 0. The van der Waals surface area contributed by atoms with Crippen LogP contribution in [-0.2, 0) is 13.6 Å². The molecule has 0 aliphatic rings. The Hall–Kier alpha value is -1.93. The maximum Gasteiger partial charge on any atom is 0.157 e. The van der Waals surface area contributed by atoms with Crippen LogP contribution in [0, 0.1) is 24.2 Å². The van der Waals surface area contributed by atoms with Gasteiger partial charge in [-0.15, -0.1) is 0 Å². The van der Waals surface area contributed by atoms with E-state index >= 15 is 0 Å². The highest BCUT2D eigenvalue weighted by atomic mass is 15.3. The molecule has 1 N–H and O–H groups in total. The van der Waals surface area contributed by atoms with E-state index in [0.29, 0.717) is 6.54 Å². The monoisotopic (exact) mass is 243 g/mol. The van der Waals surface area contributed by atoms with E-state index in [2.05, 4.69) is 27.5 Å². The lowest BCUT2D eigenvalue weighted by molar-refractivity contribution is 0.601. The molecule has 2 heterocycles. The highest BCUT2D eigenvalue weighted by molar-refractivity contribution is 5.78. The number of nitrogens with zero attached hydrogens (tertiary/aromatic N) is 4. The molecule has 5 heteroatoms. The van der Waals surface area contributed by atoms with Crippen molar-refractivity contribution in [1.29, 1.82) is 5.26 Å². The smallest absolute Gasteiger partial charge is 0.157 e. The molecule has 0 saturated carbocycles. The van der Waals surface area contributed by atoms with Gasteiger partial charge in [0.25, 0.3) is 0 Å². The van der Waals surface area contributed by atoms with Crippen LogP contribution in [0.1, 0.15) is 18.2 Å². The highest BCUT2D eigenvalue weighted by Gasteiger charge is 2.07. The van der Waals surface area contributed by atoms with Gasteiger partial charge in [0.15, 0.2) is 5.65 Å². The molecule has 18 heavy (non-hydrogen) atoms. The third-order valence-electron chi connectivity index (χ3n) is 2.92. The van der Waals surface area contributed by atoms with Crippen LogP contribution in [0.15, 0.2) is 12.3 Å². The van der Waals surface area contributed by atoms with E-state index in [9.17, 15) is 0 Å². The largest absolute Gasteiger partial charge is 0.311 e. The van der Waals surface area contributed by atoms with Crippen LogP contribution in [0.2, 0.25) is 0 Å². The minimum absolute atomic E-state index is 0.0295. The minimum Gasteiger partial charge on any atom is -0.311 e. The Bertz CT molecular complexity index is 593. The molecule has 0 fully saturated rings. The van der Waals surface area contributed by atoms with Crippen LogP contribution in [0.25, 0.3) is 11.0 Å². The fraction of sp³-hybridized carbons (Fsp3) is 0.462. The van der Waals surface area contributed by atoms with E-state index < -0.39 is 0 Å². The Morgan fingerprint density at radius 2 is 2.33 bits per heavy atom. The van der Waals surface area contributed by atoms with Crippen molar-refractivity contribution in [3.63, 3.8) is 0 Å². The van der Waals surface area contributed by atoms with Crippen molar-refractivity contribution in [2.75, 3.05) is 6.54 Å². The van der Waals surface area contributed by atoms with Crippen molar-refractivity contribution >= 4 is 11.0 Å². The Balaban J connectivity index is 2.11. The zero-order valence-corrected chi connectivity index (χ0v) is 10.9. The van der Waals surface area contributed by atoms with E-state index in [-0.39, 0.29) is 5.92 Å². The molecule has 2 aromatic rings. The number of aryl methyl sites for hydroxylation is 2. The number of rotatable bonds is 4. The number of fused-ring (bicyclic) bond motifs is 1. The molecule has 1 unspecified atom stereocenters. The zero-order valence-electron chi connectivity index (χ0n) is 10.9. The summed E-state index contributed by atoms with van der Waals surface area (Å²) in [5, 5.41) is 17.4. The molecule has 0 amide bonds. The quantitative estimate of drug-likeness (QED) is 0.884. The number of pyridine rings is 1. The number of nitrogens with one attached hydrogen (secondary N) is 1. The van der Waals surface area contributed by atoms with Gasteiger partial charge in [-0.25, -0.2) is 4.98 Å². The topological polar surface area (TPSA) is 66.5 Å². The molecule has 94 valence electrons. The van der Waals surface area contributed by atoms with E-state index in [1.54, 1.807) is 4.68 Å². The predicted octanol–water partition coefficient (Wildman–Crippen LogP) is 1.53. The lowest BCUT2D eigenvalue weighted by atomic mass is 10.2. The van der Waals surface area contributed by atoms with Gasteiger partial charge < -0.3 is 5.32 Å². The first kappa shape index (κ1) is 12.5. The maximum absolute atomic E-state index is 8.70. The Morgan fingerprint density at radius 3 is 3.06 bits per heavy atom. The second-order valence-electron chi connectivity index (χ2n) is 4.58. The molecule has 2 rings (SSSR count). The molecule has 1 atom stereocenters. The van der Waals surface area contributed by atoms with Gasteiger partial charge in [-0.1, -0.05) is 0 Å². The average molecular weight is 243 g/mol. The van der Waals surface area contributed by atoms with Crippen molar-refractivity contribution in [2.24, 2.45) is 13.0 Å². The first-order chi connectivity index (χ1) is 8.61. The lowest BCUT2D eigenvalue weighted by Gasteiger charge is -2.05. The van der Waals surface area contributed by atoms with E-state index in [1.165, 1.54) is 0 Å². The predicted molar refractivity (Wildman–Crippen MR) is 69.7 cm³/mol. The highest BCUT2D eigenvalue weighted by Crippen LogP contribution is 2.16. The summed E-state index contributed by atoms with van der Waals surface area (Å²) < 4.78 is 1.79. The number of aromatic nitrogens is 3. The van der Waals surface area contributed by atoms with Crippen molar-refractivity contribution in [2.45, 2.75) is 20.4 Å². The zero-order chi connectivity index (χ0) is 13.1. The molecule has 0 aliphatic carbocycles. The van der Waals surface area contributed by atoms with Gasteiger partial charge in [-0.3, -0.25) is 4.68 Å². The van der Waals surface area contributed by atoms with Crippen LogP contribution in [0.3, 0.4) is 0 Å². The van der Waals surface area contributed by atoms with Gasteiger partial charge in [0.1, 0.15) is 0 Å². The maximum atomic E-state index is 8.70. The first-order valence-corrected chi connectivity index (χ1v) is 6.00. The molecule has 0 aromatic carbocycles. The van der Waals surface area contributed by atoms with Crippen LogP contribution >= 0.6 is 0 Å². The summed E-state index contributed by atoms with van der Waals surface area (Å²) in [7, 11) is 1.90. The van der Waals surface area contributed by atoms with E-state index in [4.69, 9.17) is 5.26 Å². The van der Waals surface area contributed by atoms with Gasteiger partial charge in [0.05, 0.1) is 17.7 Å². The molecule has 0 spiro atoms. The summed E-state index contributed by atoms with van der Waals surface area (Å²) in [5.74, 6) is 0.0295. The van der Waals surface area contributed by atoms with Gasteiger partial charge in [0, 0.05) is 31.7 Å². The van der Waals surface area contributed by atoms with E-state index in [1.807, 2.05) is 27.1 Å².